The fourth-order valence-corrected chi connectivity index (χ4v) is 7.87. The van der Waals surface area contributed by atoms with E-state index in [9.17, 15) is 14.4 Å². The van der Waals surface area contributed by atoms with Gasteiger partial charge in [0.25, 0.3) is 0 Å². The van der Waals surface area contributed by atoms with Gasteiger partial charge in [0, 0.05) is 19.3 Å². The van der Waals surface area contributed by atoms with E-state index in [2.05, 4.69) is 203 Å². The molecule has 0 amide bonds. The van der Waals surface area contributed by atoms with Crippen LogP contribution in [-0.4, -0.2) is 37.2 Å². The molecular formula is C75H114O6. The Morgan fingerprint density at radius 2 is 0.506 bits per heavy atom. The van der Waals surface area contributed by atoms with Crippen molar-refractivity contribution in [2.75, 3.05) is 13.2 Å². The Kier molecular flexibility index (Phi) is 62.0. The Labute approximate surface area is 497 Å². The summed E-state index contributed by atoms with van der Waals surface area (Å²) in [4.78, 5) is 38.2. The van der Waals surface area contributed by atoms with Gasteiger partial charge in [0.1, 0.15) is 13.2 Å². The molecule has 0 spiro atoms. The Morgan fingerprint density at radius 3 is 0.852 bits per heavy atom. The highest BCUT2D eigenvalue weighted by molar-refractivity contribution is 5.71. The first kappa shape index (κ1) is 75.2. The minimum absolute atomic E-state index is 0.136. The zero-order chi connectivity index (χ0) is 58.5. The first-order chi connectivity index (χ1) is 40.0. The first-order valence-electron chi connectivity index (χ1n) is 31.9. The quantitative estimate of drug-likeness (QED) is 0.0261. The molecule has 81 heavy (non-hydrogen) atoms. The van der Waals surface area contributed by atoms with Crippen LogP contribution >= 0.6 is 0 Å². The number of unbranched alkanes of at least 4 members (excludes halogenated alkanes) is 12. The molecule has 0 aliphatic heterocycles. The number of carbonyl (C=O) groups is 3. The van der Waals surface area contributed by atoms with Crippen molar-refractivity contribution in [3.63, 3.8) is 0 Å². The van der Waals surface area contributed by atoms with Gasteiger partial charge in [0.15, 0.2) is 6.10 Å². The molecule has 0 aliphatic carbocycles. The van der Waals surface area contributed by atoms with Crippen molar-refractivity contribution in [1.29, 1.82) is 0 Å². The fraction of sp³-hybridized carbons (Fsp3) is 0.533. The van der Waals surface area contributed by atoms with Crippen LogP contribution in [0, 0.1) is 0 Å². The van der Waals surface area contributed by atoms with Gasteiger partial charge in [-0.3, -0.25) is 14.4 Å². The average Bonchev–Trinajstić information content (AvgIpc) is 3.46. The molecule has 0 aromatic carbocycles. The summed E-state index contributed by atoms with van der Waals surface area (Å²) in [6, 6.07) is 0. The number of esters is 3. The lowest BCUT2D eigenvalue weighted by molar-refractivity contribution is -0.166. The van der Waals surface area contributed by atoms with Crippen molar-refractivity contribution in [1.82, 2.24) is 0 Å². The largest absolute Gasteiger partial charge is 0.462 e. The van der Waals surface area contributed by atoms with Gasteiger partial charge in [-0.25, -0.2) is 0 Å². The number of hydrogen-bond donors (Lipinski definition) is 0. The third kappa shape index (κ3) is 64.9. The van der Waals surface area contributed by atoms with Crippen molar-refractivity contribution in [2.24, 2.45) is 0 Å². The standard InChI is InChI=1S/C75H114O6/c1-4-7-10-13-16-19-22-25-27-29-30-31-32-33-34-35-36-37-38-39-40-41-42-43-44-46-47-50-53-56-59-62-65-68-74(77)80-71-72(70-79-73(76)67-64-61-58-55-52-49-24-21-18-15-12-9-6-3)81-75(78)69-66-63-60-57-54-51-48-45-28-26-23-20-17-14-11-8-5-2/h7,9-10,12,16-21,25-28,30-31,33-34,36-37,39-40,42-43,46-47,49,52-53,56,58,61,72H,4-6,8,11,13-15,22-24,29,32,35,38,41,44-45,48,50-51,54-55,57,59-60,62-71H2,1-3H3/b10-7-,12-9-,19-16-,20-17-,21-18-,27-25-,28-26-,31-30-,34-33-,37-36-,40-39-,43-42-,47-46-,52-49-,56-53-,61-58-. The third-order valence-electron chi connectivity index (χ3n) is 12.6. The molecule has 0 N–H and O–H groups in total. The number of rotatable bonds is 55. The van der Waals surface area contributed by atoms with Crippen LogP contribution in [0.15, 0.2) is 194 Å². The smallest absolute Gasteiger partial charge is 0.306 e. The fourth-order valence-electron chi connectivity index (χ4n) is 7.87. The van der Waals surface area contributed by atoms with Gasteiger partial charge in [0.2, 0.25) is 0 Å². The summed E-state index contributed by atoms with van der Waals surface area (Å²) in [6.45, 7) is 6.26. The first-order valence-corrected chi connectivity index (χ1v) is 31.9. The number of allylic oxidation sites excluding steroid dienone is 32. The lowest BCUT2D eigenvalue weighted by atomic mass is 10.1. The Balaban J connectivity index is 4.46. The second-order valence-electron chi connectivity index (χ2n) is 20.2. The third-order valence-corrected chi connectivity index (χ3v) is 12.6. The van der Waals surface area contributed by atoms with Gasteiger partial charge < -0.3 is 14.2 Å². The second kappa shape index (κ2) is 66.8. The molecule has 0 aromatic heterocycles. The monoisotopic (exact) mass is 1110 g/mol. The Morgan fingerprint density at radius 1 is 0.259 bits per heavy atom. The van der Waals surface area contributed by atoms with Gasteiger partial charge in [-0.1, -0.05) is 260 Å². The zero-order valence-electron chi connectivity index (χ0n) is 51.5. The van der Waals surface area contributed by atoms with Crippen molar-refractivity contribution in [2.45, 2.75) is 245 Å². The number of hydrogen-bond acceptors (Lipinski definition) is 6. The van der Waals surface area contributed by atoms with Crippen LogP contribution in [0.1, 0.15) is 239 Å². The maximum Gasteiger partial charge on any atom is 0.306 e. The molecule has 0 rings (SSSR count). The van der Waals surface area contributed by atoms with Gasteiger partial charge >= 0.3 is 17.9 Å². The lowest BCUT2D eigenvalue weighted by Crippen LogP contribution is -2.30. The maximum atomic E-state index is 12.9. The van der Waals surface area contributed by atoms with Crippen molar-refractivity contribution < 1.29 is 28.6 Å². The predicted octanol–water partition coefficient (Wildman–Crippen LogP) is 22.2. The van der Waals surface area contributed by atoms with Crippen LogP contribution in [0.5, 0.6) is 0 Å². The van der Waals surface area contributed by atoms with E-state index in [0.717, 1.165) is 141 Å². The lowest BCUT2D eigenvalue weighted by Gasteiger charge is -2.18. The molecule has 0 aliphatic rings. The van der Waals surface area contributed by atoms with Crippen molar-refractivity contribution in [3.05, 3.63) is 194 Å². The van der Waals surface area contributed by atoms with E-state index >= 15 is 0 Å². The van der Waals surface area contributed by atoms with Crippen LogP contribution in [0.2, 0.25) is 0 Å². The predicted molar refractivity (Wildman–Crippen MR) is 352 cm³/mol. The summed E-state index contributed by atoms with van der Waals surface area (Å²) < 4.78 is 16.8. The van der Waals surface area contributed by atoms with Gasteiger partial charge in [-0.05, 0) is 154 Å². The van der Waals surface area contributed by atoms with Gasteiger partial charge in [0.05, 0.1) is 0 Å². The van der Waals surface area contributed by atoms with Crippen LogP contribution in [0.4, 0.5) is 0 Å². The van der Waals surface area contributed by atoms with E-state index in [0.29, 0.717) is 12.8 Å². The van der Waals surface area contributed by atoms with Gasteiger partial charge in [-0.15, -0.1) is 0 Å². The molecule has 450 valence electrons. The van der Waals surface area contributed by atoms with E-state index < -0.39 is 6.10 Å². The van der Waals surface area contributed by atoms with E-state index in [4.69, 9.17) is 14.2 Å². The van der Waals surface area contributed by atoms with E-state index in [-0.39, 0.29) is 50.4 Å². The van der Waals surface area contributed by atoms with Crippen LogP contribution in [-0.2, 0) is 28.6 Å². The molecular weight excluding hydrogens is 997 g/mol. The average molecular weight is 1110 g/mol. The molecule has 0 fully saturated rings. The second-order valence-corrected chi connectivity index (χ2v) is 20.2. The number of carbonyl (C=O) groups excluding carboxylic acids is 3. The molecule has 0 radical (unpaired) electrons. The molecule has 0 saturated heterocycles. The molecule has 0 aromatic rings. The van der Waals surface area contributed by atoms with E-state index in [1.807, 2.05) is 12.2 Å². The van der Waals surface area contributed by atoms with Crippen LogP contribution in [0.3, 0.4) is 0 Å². The summed E-state index contributed by atoms with van der Waals surface area (Å²) >= 11 is 0. The molecule has 6 heteroatoms. The summed E-state index contributed by atoms with van der Waals surface area (Å²) in [7, 11) is 0. The maximum absolute atomic E-state index is 12.9. The minimum atomic E-state index is -0.841. The molecule has 1 atom stereocenters. The highest BCUT2D eigenvalue weighted by atomic mass is 16.6. The van der Waals surface area contributed by atoms with Gasteiger partial charge in [-0.2, -0.15) is 0 Å². The molecule has 1 unspecified atom stereocenters. The molecule has 0 heterocycles. The molecule has 6 nitrogen and oxygen atoms in total. The summed E-state index contributed by atoms with van der Waals surface area (Å²) in [5.74, 6) is -1.08. The summed E-state index contributed by atoms with van der Waals surface area (Å²) in [5, 5.41) is 0. The van der Waals surface area contributed by atoms with Crippen LogP contribution in [0.25, 0.3) is 0 Å². The Bertz CT molecular complexity index is 1950. The van der Waals surface area contributed by atoms with E-state index in [1.54, 1.807) is 0 Å². The molecule has 0 bridgehead atoms. The van der Waals surface area contributed by atoms with E-state index in [1.165, 1.54) is 44.9 Å². The molecule has 0 saturated carbocycles. The summed E-state index contributed by atoms with van der Waals surface area (Å²) in [6.07, 6.45) is 102. The highest BCUT2D eigenvalue weighted by Crippen LogP contribution is 2.13. The number of ether oxygens (including phenoxy) is 3. The SMILES string of the molecule is CC/C=C\C/C=C\C/C=C\C/C=C\C/C=C\C/C=C\C/C=C\C/C=C\C/C=C\C/C=C\CCCCC(=O)OCC(COC(=O)CC/C=C\C/C=C\C/C=C\C/C=C\CC)OC(=O)CCCCCCCCC/C=C\C/C=C\CCCCC. The highest BCUT2D eigenvalue weighted by Gasteiger charge is 2.19. The van der Waals surface area contributed by atoms with Crippen molar-refractivity contribution in [3.8, 4) is 0 Å². The summed E-state index contributed by atoms with van der Waals surface area (Å²) in [5.41, 5.74) is 0. The Hall–Kier alpha value is -5.75. The minimum Gasteiger partial charge on any atom is -0.462 e. The topological polar surface area (TPSA) is 78.9 Å². The van der Waals surface area contributed by atoms with Crippen molar-refractivity contribution >= 4 is 17.9 Å². The van der Waals surface area contributed by atoms with Crippen LogP contribution < -0.4 is 0 Å². The normalized spacial score (nSPS) is 13.5. The zero-order valence-corrected chi connectivity index (χ0v) is 51.5.